The summed E-state index contributed by atoms with van der Waals surface area (Å²) in [6.45, 7) is 3.69. The molecule has 0 heterocycles. The molecule has 1 aromatic carbocycles. The second-order valence-electron chi connectivity index (χ2n) is 3.83. The van der Waals surface area contributed by atoms with E-state index in [0.29, 0.717) is 0 Å². The van der Waals surface area contributed by atoms with E-state index in [0.717, 1.165) is 10.2 Å². The SMILES string of the molecule is COC(C)C(C)(C#N)Nc1cccc(Br)c1. The van der Waals surface area contributed by atoms with Crippen LogP contribution in [0.2, 0.25) is 0 Å². The molecule has 1 N–H and O–H groups in total. The van der Waals surface area contributed by atoms with Crippen LogP contribution in [0.3, 0.4) is 0 Å². The zero-order valence-corrected chi connectivity index (χ0v) is 11.2. The predicted molar refractivity (Wildman–Crippen MR) is 68.3 cm³/mol. The van der Waals surface area contributed by atoms with Crippen molar-refractivity contribution in [2.24, 2.45) is 0 Å². The van der Waals surface area contributed by atoms with Gasteiger partial charge in [0.25, 0.3) is 0 Å². The van der Waals surface area contributed by atoms with Crippen LogP contribution in [0.5, 0.6) is 0 Å². The number of rotatable bonds is 4. The summed E-state index contributed by atoms with van der Waals surface area (Å²) in [5, 5.41) is 12.4. The first-order chi connectivity index (χ1) is 7.51. The average molecular weight is 283 g/mol. The van der Waals surface area contributed by atoms with Crippen LogP contribution in [0, 0.1) is 11.3 Å². The topological polar surface area (TPSA) is 45.0 Å². The Labute approximate surface area is 105 Å². The fourth-order valence-corrected chi connectivity index (χ4v) is 1.72. The Morgan fingerprint density at radius 3 is 2.75 bits per heavy atom. The summed E-state index contributed by atoms with van der Waals surface area (Å²) >= 11 is 3.39. The van der Waals surface area contributed by atoms with Gasteiger partial charge in [-0.2, -0.15) is 5.26 Å². The second kappa shape index (κ2) is 5.33. The molecule has 0 aromatic heterocycles. The third-order valence-corrected chi connectivity index (χ3v) is 3.12. The molecular weight excluding hydrogens is 268 g/mol. The molecule has 0 fully saturated rings. The highest BCUT2D eigenvalue weighted by Gasteiger charge is 2.31. The molecule has 2 atom stereocenters. The van der Waals surface area contributed by atoms with E-state index < -0.39 is 5.54 Å². The molecule has 86 valence electrons. The van der Waals surface area contributed by atoms with Crippen molar-refractivity contribution in [1.82, 2.24) is 0 Å². The Bertz CT molecular complexity index is 402. The molecule has 0 aliphatic rings. The first-order valence-corrected chi connectivity index (χ1v) is 5.79. The molecule has 0 amide bonds. The third kappa shape index (κ3) is 2.97. The molecular formula is C12H15BrN2O. The third-order valence-electron chi connectivity index (χ3n) is 2.63. The van der Waals surface area contributed by atoms with Gasteiger partial charge in [0, 0.05) is 17.3 Å². The molecule has 0 saturated carbocycles. The van der Waals surface area contributed by atoms with Crippen molar-refractivity contribution in [2.45, 2.75) is 25.5 Å². The highest BCUT2D eigenvalue weighted by atomic mass is 79.9. The minimum Gasteiger partial charge on any atom is -0.378 e. The summed E-state index contributed by atoms with van der Waals surface area (Å²) in [4.78, 5) is 0. The summed E-state index contributed by atoms with van der Waals surface area (Å²) in [5.74, 6) is 0. The largest absolute Gasteiger partial charge is 0.378 e. The maximum Gasteiger partial charge on any atom is 0.148 e. The van der Waals surface area contributed by atoms with E-state index in [9.17, 15) is 5.26 Å². The van der Waals surface area contributed by atoms with Gasteiger partial charge in [-0.05, 0) is 32.0 Å². The van der Waals surface area contributed by atoms with Gasteiger partial charge in [-0.25, -0.2) is 0 Å². The number of nitrogens with zero attached hydrogens (tertiary/aromatic N) is 1. The van der Waals surface area contributed by atoms with E-state index in [1.54, 1.807) is 7.11 Å². The zero-order chi connectivity index (χ0) is 12.2. The Balaban J connectivity index is 2.90. The lowest BCUT2D eigenvalue weighted by molar-refractivity contribution is 0.0853. The molecule has 0 saturated heterocycles. The van der Waals surface area contributed by atoms with Crippen LogP contribution in [-0.4, -0.2) is 18.8 Å². The van der Waals surface area contributed by atoms with E-state index >= 15 is 0 Å². The van der Waals surface area contributed by atoms with Crippen molar-refractivity contribution < 1.29 is 4.74 Å². The molecule has 0 aliphatic carbocycles. The molecule has 1 rings (SSSR count). The van der Waals surface area contributed by atoms with Gasteiger partial charge in [0.2, 0.25) is 0 Å². The average Bonchev–Trinajstić information content (AvgIpc) is 2.27. The normalized spacial score (nSPS) is 15.9. The maximum atomic E-state index is 9.21. The van der Waals surface area contributed by atoms with Crippen LogP contribution in [0.15, 0.2) is 28.7 Å². The van der Waals surface area contributed by atoms with E-state index in [1.807, 2.05) is 38.1 Å². The van der Waals surface area contributed by atoms with Crippen molar-refractivity contribution >= 4 is 21.6 Å². The fraction of sp³-hybridized carbons (Fsp3) is 0.417. The summed E-state index contributed by atoms with van der Waals surface area (Å²) in [5.41, 5.74) is 0.151. The number of halogens is 1. The minimum atomic E-state index is -0.741. The summed E-state index contributed by atoms with van der Waals surface area (Å²) in [6.07, 6.45) is -0.198. The van der Waals surface area contributed by atoms with Crippen molar-refractivity contribution in [1.29, 1.82) is 5.26 Å². The number of benzene rings is 1. The number of nitriles is 1. The van der Waals surface area contributed by atoms with Gasteiger partial charge >= 0.3 is 0 Å². The molecule has 2 unspecified atom stereocenters. The van der Waals surface area contributed by atoms with Gasteiger partial charge in [0.05, 0.1) is 12.2 Å². The molecule has 4 heteroatoms. The molecule has 3 nitrogen and oxygen atoms in total. The number of nitrogens with one attached hydrogen (secondary N) is 1. The Kier molecular flexibility index (Phi) is 4.34. The number of anilines is 1. The van der Waals surface area contributed by atoms with Crippen LogP contribution in [0.25, 0.3) is 0 Å². The lowest BCUT2D eigenvalue weighted by Gasteiger charge is -2.29. The van der Waals surface area contributed by atoms with Gasteiger partial charge in [-0.3, -0.25) is 0 Å². The lowest BCUT2D eigenvalue weighted by atomic mass is 9.97. The van der Waals surface area contributed by atoms with Crippen LogP contribution in [0.4, 0.5) is 5.69 Å². The molecule has 0 spiro atoms. The number of methoxy groups -OCH3 is 1. The first-order valence-electron chi connectivity index (χ1n) is 4.99. The summed E-state index contributed by atoms with van der Waals surface area (Å²) < 4.78 is 6.19. The van der Waals surface area contributed by atoms with Crippen molar-refractivity contribution in [3.63, 3.8) is 0 Å². The standard InChI is InChI=1S/C12H15BrN2O/c1-9(16-3)12(2,8-14)15-11-6-4-5-10(13)7-11/h4-7,9,15H,1-3H3. The lowest BCUT2D eigenvalue weighted by Crippen LogP contribution is -2.44. The van der Waals surface area contributed by atoms with Crippen LogP contribution in [0.1, 0.15) is 13.8 Å². The Hall–Kier alpha value is -1.05. The van der Waals surface area contributed by atoms with Gasteiger partial charge < -0.3 is 10.1 Å². The molecule has 0 bridgehead atoms. The van der Waals surface area contributed by atoms with Crippen LogP contribution >= 0.6 is 15.9 Å². The van der Waals surface area contributed by atoms with E-state index in [2.05, 4.69) is 27.3 Å². The molecule has 0 radical (unpaired) electrons. The van der Waals surface area contributed by atoms with Crippen LogP contribution in [-0.2, 0) is 4.74 Å². The zero-order valence-electron chi connectivity index (χ0n) is 9.62. The van der Waals surface area contributed by atoms with Crippen molar-refractivity contribution in [2.75, 3.05) is 12.4 Å². The minimum absolute atomic E-state index is 0.198. The van der Waals surface area contributed by atoms with Gasteiger partial charge in [0.1, 0.15) is 5.54 Å². The summed E-state index contributed by atoms with van der Waals surface area (Å²) in [6, 6.07) is 9.95. The molecule has 0 aliphatic heterocycles. The van der Waals surface area contributed by atoms with Gasteiger partial charge in [-0.15, -0.1) is 0 Å². The monoisotopic (exact) mass is 282 g/mol. The van der Waals surface area contributed by atoms with Gasteiger partial charge in [-0.1, -0.05) is 22.0 Å². The number of hydrogen-bond acceptors (Lipinski definition) is 3. The Morgan fingerprint density at radius 1 is 1.56 bits per heavy atom. The highest BCUT2D eigenvalue weighted by Crippen LogP contribution is 2.22. The second-order valence-corrected chi connectivity index (χ2v) is 4.74. The van der Waals surface area contributed by atoms with Crippen molar-refractivity contribution in [3.05, 3.63) is 28.7 Å². The quantitative estimate of drug-likeness (QED) is 0.923. The summed E-state index contributed by atoms with van der Waals surface area (Å²) in [7, 11) is 1.60. The van der Waals surface area contributed by atoms with E-state index in [4.69, 9.17) is 4.74 Å². The molecule has 1 aromatic rings. The number of ether oxygens (including phenoxy) is 1. The maximum absolute atomic E-state index is 9.21. The van der Waals surface area contributed by atoms with Gasteiger partial charge in [0.15, 0.2) is 0 Å². The smallest absolute Gasteiger partial charge is 0.148 e. The first kappa shape index (κ1) is 13.0. The molecule has 16 heavy (non-hydrogen) atoms. The number of hydrogen-bond donors (Lipinski definition) is 1. The fourth-order valence-electron chi connectivity index (χ4n) is 1.32. The van der Waals surface area contributed by atoms with E-state index in [1.165, 1.54) is 0 Å². The van der Waals surface area contributed by atoms with Crippen LogP contribution < -0.4 is 5.32 Å². The highest BCUT2D eigenvalue weighted by molar-refractivity contribution is 9.10. The Morgan fingerprint density at radius 2 is 2.25 bits per heavy atom. The van der Waals surface area contributed by atoms with Crippen molar-refractivity contribution in [3.8, 4) is 6.07 Å². The predicted octanol–water partition coefficient (Wildman–Crippen LogP) is 3.18. The van der Waals surface area contributed by atoms with E-state index in [-0.39, 0.29) is 6.10 Å².